The summed E-state index contributed by atoms with van der Waals surface area (Å²) in [7, 11) is 0. The highest BCUT2D eigenvalue weighted by Crippen LogP contribution is 2.25. The van der Waals surface area contributed by atoms with Gasteiger partial charge in [-0.2, -0.15) is 0 Å². The molecule has 0 heterocycles. The van der Waals surface area contributed by atoms with Crippen LogP contribution in [-0.2, 0) is 4.79 Å². The van der Waals surface area contributed by atoms with E-state index in [1.165, 1.54) is 12.8 Å². The largest absolute Gasteiger partial charge is 0.353 e. The van der Waals surface area contributed by atoms with Crippen LogP contribution in [0.3, 0.4) is 0 Å². The van der Waals surface area contributed by atoms with E-state index >= 15 is 0 Å². The number of nitrogens with one attached hydrogen (secondary N) is 1. The second-order valence-electron chi connectivity index (χ2n) is 6.02. The Morgan fingerprint density at radius 1 is 1.41 bits per heavy atom. The van der Waals surface area contributed by atoms with Crippen molar-refractivity contribution < 1.29 is 4.79 Å². The molecule has 100 valence electrons. The van der Waals surface area contributed by atoms with Crippen molar-refractivity contribution in [3.8, 4) is 0 Å². The van der Waals surface area contributed by atoms with E-state index in [4.69, 9.17) is 5.73 Å². The Balaban J connectivity index is 2.31. The van der Waals surface area contributed by atoms with Gasteiger partial charge in [-0.05, 0) is 43.6 Å². The zero-order chi connectivity index (χ0) is 12.8. The van der Waals surface area contributed by atoms with Crippen molar-refractivity contribution in [3.63, 3.8) is 0 Å². The van der Waals surface area contributed by atoms with Crippen molar-refractivity contribution in [2.24, 2.45) is 23.5 Å². The maximum atomic E-state index is 11.9. The van der Waals surface area contributed by atoms with Crippen LogP contribution in [0.1, 0.15) is 52.9 Å². The van der Waals surface area contributed by atoms with E-state index in [2.05, 4.69) is 26.1 Å². The average molecular weight is 240 g/mol. The third kappa shape index (κ3) is 5.07. The van der Waals surface area contributed by atoms with Crippen molar-refractivity contribution in [3.05, 3.63) is 0 Å². The molecule has 0 radical (unpaired) electrons. The van der Waals surface area contributed by atoms with Crippen LogP contribution in [0.15, 0.2) is 0 Å². The number of hydrogen-bond acceptors (Lipinski definition) is 2. The van der Waals surface area contributed by atoms with Crippen LogP contribution >= 0.6 is 0 Å². The lowest BCUT2D eigenvalue weighted by Gasteiger charge is -2.20. The molecule has 1 saturated carbocycles. The molecule has 0 aromatic carbocycles. The van der Waals surface area contributed by atoms with Gasteiger partial charge in [0.25, 0.3) is 0 Å². The molecule has 17 heavy (non-hydrogen) atoms. The summed E-state index contributed by atoms with van der Waals surface area (Å²) < 4.78 is 0. The van der Waals surface area contributed by atoms with E-state index in [0.717, 1.165) is 12.8 Å². The second-order valence-corrected chi connectivity index (χ2v) is 6.02. The predicted molar refractivity (Wildman–Crippen MR) is 71.6 cm³/mol. The van der Waals surface area contributed by atoms with Crippen LogP contribution in [0.5, 0.6) is 0 Å². The SMILES string of the molecule is CC(C)CC(CN)CC(=O)NC1CCCC1C. The Kier molecular flexibility index (Phi) is 5.96. The number of carbonyl (C=O) groups is 1. The van der Waals surface area contributed by atoms with Crippen molar-refractivity contribution in [1.29, 1.82) is 0 Å². The molecule has 3 atom stereocenters. The Labute approximate surface area is 106 Å². The van der Waals surface area contributed by atoms with Gasteiger partial charge in [-0.25, -0.2) is 0 Å². The lowest BCUT2D eigenvalue weighted by atomic mass is 9.93. The van der Waals surface area contributed by atoms with Crippen molar-refractivity contribution >= 4 is 5.91 Å². The molecule has 3 N–H and O–H groups in total. The highest BCUT2D eigenvalue weighted by Gasteiger charge is 2.25. The molecule has 0 saturated heterocycles. The van der Waals surface area contributed by atoms with E-state index in [1.807, 2.05) is 0 Å². The molecule has 1 rings (SSSR count). The molecule has 0 aromatic heterocycles. The molecule has 3 heteroatoms. The lowest BCUT2D eigenvalue weighted by molar-refractivity contribution is -0.123. The molecule has 1 fully saturated rings. The standard InChI is InChI=1S/C14H28N2O/c1-10(2)7-12(9-15)8-14(17)16-13-6-4-5-11(13)3/h10-13H,4-9,15H2,1-3H3,(H,16,17). The summed E-state index contributed by atoms with van der Waals surface area (Å²) in [6.07, 6.45) is 5.28. The highest BCUT2D eigenvalue weighted by atomic mass is 16.1. The topological polar surface area (TPSA) is 55.1 Å². The molecule has 0 bridgehead atoms. The van der Waals surface area contributed by atoms with Gasteiger partial charge in [0.05, 0.1) is 0 Å². The van der Waals surface area contributed by atoms with Gasteiger partial charge in [0, 0.05) is 12.5 Å². The van der Waals surface area contributed by atoms with Crippen LogP contribution in [-0.4, -0.2) is 18.5 Å². The molecular weight excluding hydrogens is 212 g/mol. The smallest absolute Gasteiger partial charge is 0.220 e. The van der Waals surface area contributed by atoms with Crippen LogP contribution in [0.25, 0.3) is 0 Å². The molecule has 1 aliphatic carbocycles. The van der Waals surface area contributed by atoms with E-state index in [1.54, 1.807) is 0 Å². The number of carbonyl (C=O) groups excluding carboxylic acids is 1. The second kappa shape index (κ2) is 7.00. The first kappa shape index (κ1) is 14.5. The molecule has 0 aromatic rings. The summed E-state index contributed by atoms with van der Waals surface area (Å²) in [5.74, 6) is 1.79. The van der Waals surface area contributed by atoms with Gasteiger partial charge in [-0.1, -0.05) is 27.2 Å². The van der Waals surface area contributed by atoms with E-state index in [-0.39, 0.29) is 5.91 Å². The van der Waals surface area contributed by atoms with Crippen LogP contribution in [0.2, 0.25) is 0 Å². The van der Waals surface area contributed by atoms with E-state index in [0.29, 0.717) is 36.8 Å². The summed E-state index contributed by atoms with van der Waals surface area (Å²) in [5.41, 5.74) is 5.72. The normalized spacial score (nSPS) is 26.2. The number of hydrogen-bond donors (Lipinski definition) is 2. The zero-order valence-electron chi connectivity index (χ0n) is 11.5. The maximum absolute atomic E-state index is 11.9. The van der Waals surface area contributed by atoms with Gasteiger partial charge in [0.1, 0.15) is 0 Å². The van der Waals surface area contributed by atoms with Gasteiger partial charge < -0.3 is 11.1 Å². The number of nitrogens with two attached hydrogens (primary N) is 1. The minimum atomic E-state index is 0.194. The fraction of sp³-hybridized carbons (Fsp3) is 0.929. The zero-order valence-corrected chi connectivity index (χ0v) is 11.5. The molecule has 1 amide bonds. The van der Waals surface area contributed by atoms with Gasteiger partial charge in [-0.15, -0.1) is 0 Å². The van der Waals surface area contributed by atoms with Crippen LogP contribution in [0, 0.1) is 17.8 Å². The minimum absolute atomic E-state index is 0.194. The van der Waals surface area contributed by atoms with E-state index < -0.39 is 0 Å². The summed E-state index contributed by atoms with van der Waals surface area (Å²) >= 11 is 0. The van der Waals surface area contributed by atoms with E-state index in [9.17, 15) is 4.79 Å². The van der Waals surface area contributed by atoms with Gasteiger partial charge >= 0.3 is 0 Å². The molecule has 3 unspecified atom stereocenters. The fourth-order valence-corrected chi connectivity index (χ4v) is 2.82. The molecule has 0 aliphatic heterocycles. The minimum Gasteiger partial charge on any atom is -0.353 e. The van der Waals surface area contributed by atoms with Gasteiger partial charge in [0.2, 0.25) is 5.91 Å². The lowest BCUT2D eigenvalue weighted by Crippen LogP contribution is -2.38. The molecule has 3 nitrogen and oxygen atoms in total. The summed E-state index contributed by atoms with van der Waals surface area (Å²) in [6, 6.07) is 0.403. The number of rotatable bonds is 6. The predicted octanol–water partition coefficient (Wildman–Crippen LogP) is 2.30. The quantitative estimate of drug-likeness (QED) is 0.748. The van der Waals surface area contributed by atoms with Gasteiger partial charge in [0.15, 0.2) is 0 Å². The van der Waals surface area contributed by atoms with Crippen LogP contribution < -0.4 is 11.1 Å². The third-order valence-corrected chi connectivity index (χ3v) is 3.82. The van der Waals surface area contributed by atoms with Crippen molar-refractivity contribution in [2.75, 3.05) is 6.54 Å². The fourth-order valence-electron chi connectivity index (χ4n) is 2.82. The Bertz CT molecular complexity index is 240. The summed E-state index contributed by atoms with van der Waals surface area (Å²) in [4.78, 5) is 11.9. The maximum Gasteiger partial charge on any atom is 0.220 e. The Morgan fingerprint density at radius 3 is 2.59 bits per heavy atom. The van der Waals surface area contributed by atoms with Gasteiger partial charge in [-0.3, -0.25) is 4.79 Å². The van der Waals surface area contributed by atoms with Crippen LogP contribution in [0.4, 0.5) is 0 Å². The molecular formula is C14H28N2O. The molecule has 0 spiro atoms. The Hall–Kier alpha value is -0.570. The highest BCUT2D eigenvalue weighted by molar-refractivity contribution is 5.76. The average Bonchev–Trinajstić information content (AvgIpc) is 2.62. The first-order valence-corrected chi connectivity index (χ1v) is 7.02. The molecule has 1 aliphatic rings. The van der Waals surface area contributed by atoms with Crippen molar-refractivity contribution in [2.45, 2.75) is 58.9 Å². The number of amides is 1. The Morgan fingerprint density at radius 2 is 2.12 bits per heavy atom. The summed E-state index contributed by atoms with van der Waals surface area (Å²) in [6.45, 7) is 7.21. The first-order chi connectivity index (χ1) is 8.02. The monoisotopic (exact) mass is 240 g/mol. The first-order valence-electron chi connectivity index (χ1n) is 7.02. The van der Waals surface area contributed by atoms with Crippen molar-refractivity contribution in [1.82, 2.24) is 5.32 Å². The third-order valence-electron chi connectivity index (χ3n) is 3.82. The summed E-state index contributed by atoms with van der Waals surface area (Å²) in [5, 5.41) is 3.17.